The highest BCUT2D eigenvalue weighted by Crippen LogP contribution is 2.36. The van der Waals surface area contributed by atoms with E-state index in [0.717, 1.165) is 17.9 Å². The van der Waals surface area contributed by atoms with Crippen molar-refractivity contribution in [2.75, 3.05) is 0 Å². The molecule has 1 aliphatic carbocycles. The molecule has 1 aromatic heterocycles. The van der Waals surface area contributed by atoms with Crippen LogP contribution < -0.4 is 5.73 Å². The number of nitriles is 1. The molecule has 0 aliphatic heterocycles. The lowest BCUT2D eigenvalue weighted by molar-refractivity contribution is 0.595. The lowest BCUT2D eigenvalue weighted by Gasteiger charge is -2.10. The van der Waals surface area contributed by atoms with Gasteiger partial charge in [-0.2, -0.15) is 5.26 Å². The van der Waals surface area contributed by atoms with Gasteiger partial charge in [0.1, 0.15) is 11.8 Å². The van der Waals surface area contributed by atoms with Gasteiger partial charge in [0.25, 0.3) is 0 Å². The number of hydrogen-bond donors (Lipinski definition) is 1. The van der Waals surface area contributed by atoms with Crippen LogP contribution in [-0.4, -0.2) is 4.98 Å². The SMILES string of the molecule is N#Cc1ccc([C@@H](N)CC2CC2)cn1. The average Bonchev–Trinajstić information content (AvgIpc) is 3.02. The van der Waals surface area contributed by atoms with Crippen molar-refractivity contribution in [1.29, 1.82) is 5.26 Å². The van der Waals surface area contributed by atoms with Crippen LogP contribution in [0.1, 0.15) is 36.6 Å². The van der Waals surface area contributed by atoms with E-state index in [9.17, 15) is 0 Å². The Morgan fingerprint density at radius 1 is 1.57 bits per heavy atom. The first-order chi connectivity index (χ1) is 6.79. The van der Waals surface area contributed by atoms with Crippen molar-refractivity contribution < 1.29 is 0 Å². The first kappa shape index (κ1) is 9.17. The van der Waals surface area contributed by atoms with Crippen molar-refractivity contribution in [2.24, 2.45) is 11.7 Å². The molecule has 3 heteroatoms. The molecule has 0 bridgehead atoms. The maximum Gasteiger partial charge on any atom is 0.140 e. The second kappa shape index (κ2) is 3.77. The van der Waals surface area contributed by atoms with Crippen molar-refractivity contribution in [3.8, 4) is 6.07 Å². The molecule has 0 spiro atoms. The molecule has 0 radical (unpaired) electrons. The molecule has 0 aromatic carbocycles. The van der Waals surface area contributed by atoms with Crippen LogP contribution in [0.3, 0.4) is 0 Å². The second-order valence-electron chi connectivity index (χ2n) is 3.87. The van der Waals surface area contributed by atoms with Gasteiger partial charge in [-0.1, -0.05) is 18.9 Å². The van der Waals surface area contributed by atoms with Crippen LogP contribution in [-0.2, 0) is 0 Å². The number of pyridine rings is 1. The van der Waals surface area contributed by atoms with E-state index in [0.29, 0.717) is 5.69 Å². The van der Waals surface area contributed by atoms with Crippen LogP contribution in [0.2, 0.25) is 0 Å². The molecular formula is C11H13N3. The summed E-state index contributed by atoms with van der Waals surface area (Å²) in [5.41, 5.74) is 7.49. The van der Waals surface area contributed by atoms with Crippen molar-refractivity contribution in [1.82, 2.24) is 4.98 Å². The normalized spacial score (nSPS) is 17.4. The van der Waals surface area contributed by atoms with Gasteiger partial charge in [0, 0.05) is 12.2 Å². The third kappa shape index (κ3) is 2.09. The van der Waals surface area contributed by atoms with E-state index in [1.165, 1.54) is 12.8 Å². The molecule has 72 valence electrons. The van der Waals surface area contributed by atoms with E-state index in [1.54, 1.807) is 12.3 Å². The maximum absolute atomic E-state index is 8.58. The van der Waals surface area contributed by atoms with Gasteiger partial charge in [0.05, 0.1) is 0 Å². The summed E-state index contributed by atoms with van der Waals surface area (Å²) in [5.74, 6) is 0.820. The first-order valence-electron chi connectivity index (χ1n) is 4.91. The van der Waals surface area contributed by atoms with Crippen LogP contribution in [0.25, 0.3) is 0 Å². The molecule has 14 heavy (non-hydrogen) atoms. The summed E-state index contributed by atoms with van der Waals surface area (Å²) in [6.45, 7) is 0. The minimum Gasteiger partial charge on any atom is -0.324 e. The highest BCUT2D eigenvalue weighted by molar-refractivity contribution is 5.24. The standard InChI is InChI=1S/C11H13N3/c12-6-10-4-3-9(7-14-10)11(13)5-8-1-2-8/h3-4,7-8,11H,1-2,5,13H2/t11-/m0/s1. The van der Waals surface area contributed by atoms with Gasteiger partial charge in [-0.15, -0.1) is 0 Å². The van der Waals surface area contributed by atoms with Crippen LogP contribution in [0, 0.1) is 17.2 Å². The van der Waals surface area contributed by atoms with Crippen molar-refractivity contribution in [3.63, 3.8) is 0 Å². The molecule has 2 N–H and O–H groups in total. The van der Waals surface area contributed by atoms with E-state index in [1.807, 2.05) is 12.1 Å². The van der Waals surface area contributed by atoms with Gasteiger partial charge in [0.15, 0.2) is 0 Å². The first-order valence-corrected chi connectivity index (χ1v) is 4.91. The zero-order valence-electron chi connectivity index (χ0n) is 7.98. The Hall–Kier alpha value is -1.40. The summed E-state index contributed by atoms with van der Waals surface area (Å²) in [6.07, 6.45) is 5.40. The lowest BCUT2D eigenvalue weighted by Crippen LogP contribution is -2.11. The summed E-state index contributed by atoms with van der Waals surface area (Å²) >= 11 is 0. The number of rotatable bonds is 3. The molecule has 1 heterocycles. The Balaban J connectivity index is 2.04. The molecule has 1 saturated carbocycles. The molecule has 0 unspecified atom stereocenters. The average molecular weight is 187 g/mol. The molecular weight excluding hydrogens is 174 g/mol. The van der Waals surface area contributed by atoms with Crippen LogP contribution in [0.4, 0.5) is 0 Å². The minimum atomic E-state index is 0.0859. The van der Waals surface area contributed by atoms with E-state index in [2.05, 4.69) is 4.98 Å². The molecule has 0 saturated heterocycles. The summed E-state index contributed by atoms with van der Waals surface area (Å²) < 4.78 is 0. The summed E-state index contributed by atoms with van der Waals surface area (Å²) in [7, 11) is 0. The molecule has 0 amide bonds. The van der Waals surface area contributed by atoms with Crippen molar-refractivity contribution in [2.45, 2.75) is 25.3 Å². The van der Waals surface area contributed by atoms with E-state index < -0.39 is 0 Å². The third-order valence-corrected chi connectivity index (χ3v) is 2.61. The highest BCUT2D eigenvalue weighted by atomic mass is 14.7. The molecule has 3 nitrogen and oxygen atoms in total. The summed E-state index contributed by atoms with van der Waals surface area (Å²) in [5, 5.41) is 8.58. The van der Waals surface area contributed by atoms with Crippen LogP contribution in [0.15, 0.2) is 18.3 Å². The van der Waals surface area contributed by atoms with E-state index >= 15 is 0 Å². The van der Waals surface area contributed by atoms with E-state index in [4.69, 9.17) is 11.0 Å². The van der Waals surface area contributed by atoms with Gasteiger partial charge in [-0.25, -0.2) is 4.98 Å². The maximum atomic E-state index is 8.58. The summed E-state index contributed by atoms with van der Waals surface area (Å²) in [6, 6.07) is 5.71. The quantitative estimate of drug-likeness (QED) is 0.784. The van der Waals surface area contributed by atoms with Gasteiger partial charge in [-0.05, 0) is 24.0 Å². The molecule has 1 atom stereocenters. The molecule has 1 aliphatic rings. The Morgan fingerprint density at radius 2 is 2.36 bits per heavy atom. The fourth-order valence-electron chi connectivity index (χ4n) is 1.54. The van der Waals surface area contributed by atoms with E-state index in [-0.39, 0.29) is 6.04 Å². The van der Waals surface area contributed by atoms with Gasteiger partial charge in [-0.3, -0.25) is 0 Å². The fraction of sp³-hybridized carbons (Fsp3) is 0.455. The monoisotopic (exact) mass is 187 g/mol. The highest BCUT2D eigenvalue weighted by Gasteiger charge is 2.24. The predicted molar refractivity (Wildman–Crippen MR) is 53.2 cm³/mol. The smallest absolute Gasteiger partial charge is 0.140 e. The number of aromatic nitrogens is 1. The van der Waals surface area contributed by atoms with Crippen LogP contribution >= 0.6 is 0 Å². The number of nitrogens with zero attached hydrogens (tertiary/aromatic N) is 2. The third-order valence-electron chi connectivity index (χ3n) is 2.61. The Bertz CT molecular complexity index is 346. The second-order valence-corrected chi connectivity index (χ2v) is 3.87. The largest absolute Gasteiger partial charge is 0.324 e. The minimum absolute atomic E-state index is 0.0859. The molecule has 2 rings (SSSR count). The Labute approximate surface area is 83.6 Å². The zero-order chi connectivity index (χ0) is 9.97. The Kier molecular flexibility index (Phi) is 2.47. The topological polar surface area (TPSA) is 62.7 Å². The molecule has 1 aromatic rings. The van der Waals surface area contributed by atoms with Crippen LogP contribution in [0.5, 0.6) is 0 Å². The molecule has 1 fully saturated rings. The zero-order valence-corrected chi connectivity index (χ0v) is 7.98. The Morgan fingerprint density at radius 3 is 2.86 bits per heavy atom. The number of nitrogens with two attached hydrogens (primary N) is 1. The lowest BCUT2D eigenvalue weighted by atomic mass is 10.0. The van der Waals surface area contributed by atoms with Gasteiger partial charge in [0.2, 0.25) is 0 Å². The van der Waals surface area contributed by atoms with Gasteiger partial charge < -0.3 is 5.73 Å². The number of hydrogen-bond acceptors (Lipinski definition) is 3. The van der Waals surface area contributed by atoms with Crippen molar-refractivity contribution >= 4 is 0 Å². The van der Waals surface area contributed by atoms with Crippen molar-refractivity contribution in [3.05, 3.63) is 29.6 Å². The fourth-order valence-corrected chi connectivity index (χ4v) is 1.54. The van der Waals surface area contributed by atoms with Gasteiger partial charge >= 0.3 is 0 Å². The predicted octanol–water partition coefficient (Wildman–Crippen LogP) is 1.75. The summed E-state index contributed by atoms with van der Waals surface area (Å²) in [4.78, 5) is 4.00.